The Morgan fingerprint density at radius 3 is 2.38 bits per heavy atom. The highest BCUT2D eigenvalue weighted by Gasteiger charge is 2.45. The molecule has 29 heavy (non-hydrogen) atoms. The van der Waals surface area contributed by atoms with Gasteiger partial charge in [0.25, 0.3) is 0 Å². The number of alkyl halides is 3. The van der Waals surface area contributed by atoms with E-state index in [-0.39, 0.29) is 10.9 Å². The van der Waals surface area contributed by atoms with Crippen LogP contribution in [0.4, 0.5) is 18.9 Å². The molecule has 1 aliphatic heterocycles. The summed E-state index contributed by atoms with van der Waals surface area (Å²) in [5, 5.41) is 9.65. The molecule has 1 aromatic heterocycles. The molecule has 0 saturated heterocycles. The average Bonchev–Trinajstić information content (AvgIpc) is 2.93. The highest BCUT2D eigenvalue weighted by Crippen LogP contribution is 2.34. The molecule has 1 atom stereocenters. The van der Waals surface area contributed by atoms with Gasteiger partial charge in [0, 0.05) is 12.5 Å². The monoisotopic (exact) mass is 428 g/mol. The second-order valence-corrected chi connectivity index (χ2v) is 8.79. The van der Waals surface area contributed by atoms with Crippen LogP contribution in [0, 0.1) is 6.92 Å². The average molecular weight is 428 g/mol. The summed E-state index contributed by atoms with van der Waals surface area (Å²) in [5.74, 6) is 0.0399. The Labute approximate surface area is 165 Å². The summed E-state index contributed by atoms with van der Waals surface area (Å²) in [6.07, 6.45) is -1.11. The molecule has 0 fully saturated rings. The topological polar surface area (TPSA) is 114 Å². The minimum Gasteiger partial charge on any atom is -0.332 e. The standard InChI is InChI=1S/C17H19F3N6O2S/c1-10-13(23-15-22-8-14(17(18,19)20)16(2,21)24-15)9-26(25-10)11-4-6-12(7-5-11)29(3,27)28/h4-9H,21H2,1-3H3,(H2,22,23,24). The van der Waals surface area contributed by atoms with Crippen molar-refractivity contribution >= 4 is 21.5 Å². The van der Waals surface area contributed by atoms with E-state index < -0.39 is 27.2 Å². The van der Waals surface area contributed by atoms with E-state index in [0.717, 1.165) is 19.4 Å². The molecule has 12 heteroatoms. The van der Waals surface area contributed by atoms with Gasteiger partial charge in [0.05, 0.1) is 33.7 Å². The number of nitrogens with one attached hydrogen (secondary N) is 2. The minimum absolute atomic E-state index is 0.0399. The first kappa shape index (κ1) is 20.9. The molecule has 1 unspecified atom stereocenters. The van der Waals surface area contributed by atoms with Crippen LogP contribution in [0.5, 0.6) is 0 Å². The lowest BCUT2D eigenvalue weighted by molar-refractivity contribution is -0.100. The number of hydrogen-bond acceptors (Lipinski definition) is 7. The number of aryl methyl sites for hydroxylation is 1. The summed E-state index contributed by atoms with van der Waals surface area (Å²) in [6, 6.07) is 6.12. The molecule has 0 bridgehead atoms. The van der Waals surface area contributed by atoms with Crippen molar-refractivity contribution in [3.8, 4) is 5.69 Å². The number of guanidine groups is 1. The molecule has 2 aromatic rings. The zero-order chi connectivity index (χ0) is 21.6. The summed E-state index contributed by atoms with van der Waals surface area (Å²) < 4.78 is 63.7. The van der Waals surface area contributed by atoms with Crippen molar-refractivity contribution in [3.05, 3.63) is 47.9 Å². The number of aliphatic imine (C=N–C) groups is 1. The van der Waals surface area contributed by atoms with Crippen LogP contribution in [0.3, 0.4) is 0 Å². The van der Waals surface area contributed by atoms with Gasteiger partial charge in [0.1, 0.15) is 5.66 Å². The van der Waals surface area contributed by atoms with Crippen molar-refractivity contribution in [2.24, 2.45) is 10.7 Å². The second kappa shape index (κ2) is 6.88. The summed E-state index contributed by atoms with van der Waals surface area (Å²) in [4.78, 5) is 4.08. The van der Waals surface area contributed by atoms with Gasteiger partial charge in [-0.05, 0) is 38.1 Å². The Kier molecular flexibility index (Phi) is 4.95. The molecule has 156 valence electrons. The predicted octanol–water partition coefficient (Wildman–Crippen LogP) is 2.08. The number of aromatic nitrogens is 2. The van der Waals surface area contributed by atoms with Crippen LogP contribution in [0.15, 0.2) is 52.1 Å². The van der Waals surface area contributed by atoms with Gasteiger partial charge < -0.3 is 16.4 Å². The number of nitrogens with zero attached hydrogens (tertiary/aromatic N) is 3. The number of hydrogen-bond donors (Lipinski definition) is 3. The molecule has 0 aliphatic carbocycles. The van der Waals surface area contributed by atoms with Crippen molar-refractivity contribution in [1.82, 2.24) is 15.1 Å². The highest BCUT2D eigenvalue weighted by atomic mass is 32.2. The third-order valence-electron chi connectivity index (χ3n) is 4.23. The number of sulfone groups is 1. The lowest BCUT2D eigenvalue weighted by Crippen LogP contribution is -2.49. The van der Waals surface area contributed by atoms with Gasteiger partial charge in [0.15, 0.2) is 9.84 Å². The molecule has 4 N–H and O–H groups in total. The van der Waals surface area contributed by atoms with Gasteiger partial charge in [0.2, 0.25) is 5.96 Å². The summed E-state index contributed by atoms with van der Waals surface area (Å²) in [7, 11) is -3.31. The van der Waals surface area contributed by atoms with E-state index in [1.54, 1.807) is 25.3 Å². The van der Waals surface area contributed by atoms with E-state index in [0.29, 0.717) is 17.1 Å². The zero-order valence-corrected chi connectivity index (χ0v) is 16.6. The van der Waals surface area contributed by atoms with Crippen molar-refractivity contribution < 1.29 is 21.6 Å². The van der Waals surface area contributed by atoms with Gasteiger partial charge in [-0.1, -0.05) is 0 Å². The first-order chi connectivity index (χ1) is 13.3. The number of nitrogens with two attached hydrogens (primary N) is 1. The Morgan fingerprint density at radius 2 is 1.86 bits per heavy atom. The Bertz CT molecular complexity index is 1100. The fraction of sp³-hybridized carbons (Fsp3) is 0.294. The van der Waals surface area contributed by atoms with Crippen molar-refractivity contribution in [3.63, 3.8) is 0 Å². The maximum Gasteiger partial charge on any atom is 0.417 e. The molecule has 1 aliphatic rings. The smallest absolute Gasteiger partial charge is 0.332 e. The molecule has 8 nitrogen and oxygen atoms in total. The SMILES string of the molecule is Cc1nn(-c2ccc(S(C)(=O)=O)cc2)cc1NC1=NC(C)(N)C(C(F)(F)F)=CN1. The number of anilines is 1. The Balaban J connectivity index is 1.83. The quantitative estimate of drug-likeness (QED) is 0.690. The van der Waals surface area contributed by atoms with Crippen LogP contribution < -0.4 is 16.4 Å². The number of benzene rings is 1. The number of halogens is 3. The largest absolute Gasteiger partial charge is 0.417 e. The molecule has 0 radical (unpaired) electrons. The Hall–Kier alpha value is -2.86. The lowest BCUT2D eigenvalue weighted by atomic mass is 10.0. The normalized spacial score (nSPS) is 20.0. The van der Waals surface area contributed by atoms with E-state index >= 15 is 0 Å². The summed E-state index contributed by atoms with van der Waals surface area (Å²) >= 11 is 0. The van der Waals surface area contributed by atoms with Crippen molar-refractivity contribution in [2.75, 3.05) is 11.6 Å². The van der Waals surface area contributed by atoms with Crippen molar-refractivity contribution in [1.29, 1.82) is 0 Å². The van der Waals surface area contributed by atoms with Crippen molar-refractivity contribution in [2.45, 2.75) is 30.6 Å². The van der Waals surface area contributed by atoms with E-state index in [9.17, 15) is 21.6 Å². The van der Waals surface area contributed by atoms with Crippen LogP contribution in [-0.2, 0) is 9.84 Å². The maximum absolute atomic E-state index is 13.0. The van der Waals surface area contributed by atoms with Gasteiger partial charge in [-0.2, -0.15) is 18.3 Å². The molecular formula is C17H19F3N6O2S. The third-order valence-corrected chi connectivity index (χ3v) is 5.36. The lowest BCUT2D eigenvalue weighted by Gasteiger charge is -2.30. The summed E-state index contributed by atoms with van der Waals surface area (Å²) in [5.41, 5.74) is 4.41. The maximum atomic E-state index is 13.0. The third kappa shape index (κ3) is 4.43. The van der Waals surface area contributed by atoms with E-state index in [4.69, 9.17) is 5.73 Å². The molecule has 2 heterocycles. The van der Waals surface area contributed by atoms with Gasteiger partial charge in [-0.25, -0.2) is 18.1 Å². The van der Waals surface area contributed by atoms with Crippen LogP contribution in [0.2, 0.25) is 0 Å². The zero-order valence-electron chi connectivity index (χ0n) is 15.7. The van der Waals surface area contributed by atoms with Crippen LogP contribution in [0.1, 0.15) is 12.6 Å². The van der Waals surface area contributed by atoms with Gasteiger partial charge >= 0.3 is 6.18 Å². The van der Waals surface area contributed by atoms with E-state index in [2.05, 4.69) is 20.7 Å². The van der Waals surface area contributed by atoms with E-state index in [1.807, 2.05) is 0 Å². The van der Waals surface area contributed by atoms with Crippen LogP contribution >= 0.6 is 0 Å². The van der Waals surface area contributed by atoms with Gasteiger partial charge in [-0.15, -0.1) is 0 Å². The highest BCUT2D eigenvalue weighted by molar-refractivity contribution is 7.90. The second-order valence-electron chi connectivity index (χ2n) is 6.77. The molecule has 3 rings (SSSR count). The van der Waals surface area contributed by atoms with Gasteiger partial charge in [-0.3, -0.25) is 0 Å². The minimum atomic E-state index is -4.61. The Morgan fingerprint density at radius 1 is 1.24 bits per heavy atom. The molecular weight excluding hydrogens is 409 g/mol. The summed E-state index contributed by atoms with van der Waals surface area (Å²) in [6.45, 7) is 2.86. The van der Waals surface area contributed by atoms with Crippen LogP contribution in [0.25, 0.3) is 5.69 Å². The first-order valence-electron chi connectivity index (χ1n) is 8.34. The molecule has 0 saturated carbocycles. The van der Waals surface area contributed by atoms with E-state index in [1.165, 1.54) is 16.8 Å². The molecule has 0 amide bonds. The predicted molar refractivity (Wildman–Crippen MR) is 102 cm³/mol. The first-order valence-corrected chi connectivity index (χ1v) is 10.2. The van der Waals surface area contributed by atoms with Crippen LogP contribution in [-0.4, -0.2) is 42.3 Å². The molecule has 1 aromatic carbocycles. The fourth-order valence-corrected chi connectivity index (χ4v) is 3.36. The fourth-order valence-electron chi connectivity index (χ4n) is 2.73. The number of rotatable bonds is 3. The molecule has 0 spiro atoms.